The topological polar surface area (TPSA) is 66.5 Å². The van der Waals surface area contributed by atoms with Crippen molar-refractivity contribution in [2.45, 2.75) is 18.4 Å². The third-order valence-electron chi connectivity index (χ3n) is 1.49. The van der Waals surface area contributed by atoms with Gasteiger partial charge >= 0.3 is 0 Å². The van der Waals surface area contributed by atoms with E-state index in [4.69, 9.17) is 27.5 Å². The van der Waals surface area contributed by atoms with Gasteiger partial charge in [-0.1, -0.05) is 0 Å². The molecule has 0 saturated heterocycles. The summed E-state index contributed by atoms with van der Waals surface area (Å²) in [6.45, 7) is 0.0342. The van der Waals surface area contributed by atoms with Gasteiger partial charge in [-0.25, -0.2) is 0 Å². The van der Waals surface area contributed by atoms with Crippen LogP contribution >= 0.6 is 11.6 Å². The van der Waals surface area contributed by atoms with E-state index in [1.807, 2.05) is 0 Å². The highest BCUT2D eigenvalue weighted by Crippen LogP contribution is 2.12. The zero-order valence-electron chi connectivity index (χ0n) is 5.89. The smallest absolute Gasteiger partial charge is 0.0448 e. The number of hydrogen-bond acceptors (Lipinski definition) is 3. The minimum Gasteiger partial charge on any atom is -0.396 e. The summed E-state index contributed by atoms with van der Waals surface area (Å²) in [5.74, 6) is 0.272. The summed E-state index contributed by atoms with van der Waals surface area (Å²) >= 11 is 5.52. The van der Waals surface area contributed by atoms with Gasteiger partial charge in [-0.15, -0.1) is 11.6 Å². The van der Waals surface area contributed by atoms with Crippen molar-refractivity contribution in [3.05, 3.63) is 0 Å². The van der Waals surface area contributed by atoms with Gasteiger partial charge in [0, 0.05) is 24.6 Å². The fourth-order valence-corrected chi connectivity index (χ4v) is 0.971. The molecule has 0 amide bonds. The highest BCUT2D eigenvalue weighted by molar-refractivity contribution is 6.18. The van der Waals surface area contributed by atoms with Gasteiger partial charge in [0.1, 0.15) is 0 Å². The zero-order valence-corrected chi connectivity index (χ0v) is 6.64. The van der Waals surface area contributed by atoms with Crippen molar-refractivity contribution in [2.24, 2.45) is 5.73 Å². The largest absolute Gasteiger partial charge is 0.396 e. The Kier molecular flexibility index (Phi) is 4.99. The molecule has 0 aliphatic heterocycles. The third-order valence-corrected chi connectivity index (χ3v) is 2.02. The summed E-state index contributed by atoms with van der Waals surface area (Å²) in [7, 11) is 0. The van der Waals surface area contributed by atoms with E-state index in [-0.39, 0.29) is 19.1 Å². The molecule has 4 N–H and O–H groups in total. The fourth-order valence-electron chi connectivity index (χ4n) is 0.704. The maximum atomic E-state index is 8.54. The molecule has 0 spiro atoms. The summed E-state index contributed by atoms with van der Waals surface area (Å²) in [6, 6.07) is 0. The lowest BCUT2D eigenvalue weighted by Crippen LogP contribution is -2.43. The number of rotatable bonds is 5. The van der Waals surface area contributed by atoms with Crippen LogP contribution in [-0.4, -0.2) is 34.8 Å². The molecule has 4 heteroatoms. The molecule has 0 aromatic rings. The van der Waals surface area contributed by atoms with Crippen molar-refractivity contribution < 1.29 is 10.2 Å². The van der Waals surface area contributed by atoms with Crippen molar-refractivity contribution in [1.82, 2.24) is 0 Å². The molecule has 0 aliphatic carbocycles. The second-order valence-electron chi connectivity index (χ2n) is 2.44. The number of hydrogen-bond donors (Lipinski definition) is 3. The molecule has 0 heterocycles. The Balaban J connectivity index is 3.69. The Morgan fingerprint density at radius 2 is 1.60 bits per heavy atom. The monoisotopic (exact) mass is 167 g/mol. The van der Waals surface area contributed by atoms with Crippen molar-refractivity contribution >= 4 is 11.6 Å². The number of nitrogens with two attached hydrogens (primary N) is 1. The summed E-state index contributed by atoms with van der Waals surface area (Å²) in [5, 5.41) is 17.1. The molecule has 0 aromatic carbocycles. The van der Waals surface area contributed by atoms with Crippen LogP contribution in [0.2, 0.25) is 0 Å². The first kappa shape index (κ1) is 10.2. The highest BCUT2D eigenvalue weighted by atomic mass is 35.5. The Hall–Kier alpha value is 0.170. The second-order valence-corrected chi connectivity index (χ2v) is 2.71. The predicted molar refractivity (Wildman–Crippen MR) is 41.0 cm³/mol. The highest BCUT2D eigenvalue weighted by Gasteiger charge is 2.21. The van der Waals surface area contributed by atoms with E-state index >= 15 is 0 Å². The maximum Gasteiger partial charge on any atom is 0.0448 e. The van der Waals surface area contributed by atoms with Gasteiger partial charge in [0.05, 0.1) is 0 Å². The first-order valence-corrected chi connectivity index (χ1v) is 3.78. The molecule has 0 rings (SSSR count). The predicted octanol–water partition coefficient (Wildman–Crippen LogP) is -0.312. The molecule has 3 nitrogen and oxygen atoms in total. The zero-order chi connectivity index (χ0) is 8.04. The van der Waals surface area contributed by atoms with Crippen LogP contribution in [0.3, 0.4) is 0 Å². The van der Waals surface area contributed by atoms with Crippen molar-refractivity contribution in [2.75, 3.05) is 19.1 Å². The average Bonchev–Trinajstić information content (AvgIpc) is 1.89. The van der Waals surface area contributed by atoms with E-state index < -0.39 is 5.54 Å². The van der Waals surface area contributed by atoms with E-state index in [1.165, 1.54) is 0 Å². The standard InChI is InChI=1S/C6H14ClNO2/c7-5-6(8,1-3-9)2-4-10/h9-10H,1-5,8H2. The van der Waals surface area contributed by atoms with Gasteiger partial charge in [-0.2, -0.15) is 0 Å². The van der Waals surface area contributed by atoms with Crippen LogP contribution in [0.4, 0.5) is 0 Å². The van der Waals surface area contributed by atoms with E-state index in [2.05, 4.69) is 0 Å². The minimum atomic E-state index is -0.592. The first-order valence-electron chi connectivity index (χ1n) is 3.25. The van der Waals surface area contributed by atoms with Crippen LogP contribution in [0.1, 0.15) is 12.8 Å². The van der Waals surface area contributed by atoms with Crippen molar-refractivity contribution in [1.29, 1.82) is 0 Å². The summed E-state index contributed by atoms with van der Waals surface area (Å²) in [5.41, 5.74) is 5.07. The van der Waals surface area contributed by atoms with Crippen LogP contribution in [0.15, 0.2) is 0 Å². The molecule has 0 radical (unpaired) electrons. The number of aliphatic hydroxyl groups excluding tert-OH is 2. The van der Waals surface area contributed by atoms with Gasteiger partial charge in [-0.05, 0) is 12.8 Å². The second kappa shape index (κ2) is 4.91. The van der Waals surface area contributed by atoms with Crippen LogP contribution in [0.5, 0.6) is 0 Å². The molecule has 0 fully saturated rings. The third kappa shape index (κ3) is 3.37. The Morgan fingerprint density at radius 3 is 1.80 bits per heavy atom. The average molecular weight is 168 g/mol. The first-order chi connectivity index (χ1) is 4.68. The van der Waals surface area contributed by atoms with Crippen molar-refractivity contribution in [3.63, 3.8) is 0 Å². The number of alkyl halides is 1. The van der Waals surface area contributed by atoms with Crippen LogP contribution in [-0.2, 0) is 0 Å². The lowest BCUT2D eigenvalue weighted by molar-refractivity contribution is 0.205. The molecule has 0 aromatic heterocycles. The van der Waals surface area contributed by atoms with Gasteiger partial charge in [0.25, 0.3) is 0 Å². The Labute approximate surface area is 65.8 Å². The van der Waals surface area contributed by atoms with E-state index in [9.17, 15) is 0 Å². The molecule has 0 bridgehead atoms. The Bertz CT molecular complexity index is 83.8. The van der Waals surface area contributed by atoms with E-state index in [0.29, 0.717) is 12.8 Å². The quantitative estimate of drug-likeness (QED) is 0.492. The normalized spacial score (nSPS) is 12.0. The van der Waals surface area contributed by atoms with Crippen LogP contribution in [0, 0.1) is 0 Å². The Morgan fingerprint density at radius 1 is 1.20 bits per heavy atom. The summed E-state index contributed by atoms with van der Waals surface area (Å²) < 4.78 is 0. The number of halogens is 1. The molecule has 0 unspecified atom stereocenters. The summed E-state index contributed by atoms with van der Waals surface area (Å²) in [4.78, 5) is 0. The lowest BCUT2D eigenvalue weighted by atomic mass is 9.96. The number of aliphatic hydroxyl groups is 2. The molecule has 0 saturated carbocycles. The van der Waals surface area contributed by atoms with Gasteiger partial charge in [-0.3, -0.25) is 0 Å². The minimum absolute atomic E-state index is 0.0171. The SMILES string of the molecule is NC(CCl)(CCO)CCO. The molecule has 0 atom stereocenters. The fraction of sp³-hybridized carbons (Fsp3) is 1.00. The lowest BCUT2D eigenvalue weighted by Gasteiger charge is -2.24. The molecule has 62 valence electrons. The maximum absolute atomic E-state index is 8.54. The van der Waals surface area contributed by atoms with E-state index in [1.54, 1.807) is 0 Å². The molecular weight excluding hydrogens is 154 g/mol. The van der Waals surface area contributed by atoms with Gasteiger partial charge in [0.15, 0.2) is 0 Å². The van der Waals surface area contributed by atoms with E-state index in [0.717, 1.165) is 0 Å². The van der Waals surface area contributed by atoms with Gasteiger partial charge < -0.3 is 15.9 Å². The van der Waals surface area contributed by atoms with Crippen LogP contribution in [0.25, 0.3) is 0 Å². The molecular formula is C6H14ClNO2. The molecule has 10 heavy (non-hydrogen) atoms. The van der Waals surface area contributed by atoms with Gasteiger partial charge in [0.2, 0.25) is 0 Å². The van der Waals surface area contributed by atoms with Crippen LogP contribution < -0.4 is 5.73 Å². The molecule has 0 aliphatic rings. The summed E-state index contributed by atoms with van der Waals surface area (Å²) in [6.07, 6.45) is 0.883. The van der Waals surface area contributed by atoms with Crippen molar-refractivity contribution in [3.8, 4) is 0 Å².